The predicted octanol–water partition coefficient (Wildman–Crippen LogP) is 2.03. The van der Waals surface area contributed by atoms with Crippen molar-refractivity contribution in [2.24, 2.45) is 4.40 Å². The summed E-state index contributed by atoms with van der Waals surface area (Å²) >= 11 is 0. The van der Waals surface area contributed by atoms with Crippen molar-refractivity contribution in [1.82, 2.24) is 4.90 Å². The number of ether oxygens (including phenoxy) is 1. The molecule has 0 unspecified atom stereocenters. The van der Waals surface area contributed by atoms with E-state index >= 15 is 0 Å². The number of fused-ring (bicyclic) bond motifs is 1. The van der Waals surface area contributed by atoms with Gasteiger partial charge in [0.2, 0.25) is 0 Å². The minimum absolute atomic E-state index is 0.142. The number of hydrogen-bond acceptors (Lipinski definition) is 6. The Morgan fingerprint density at radius 2 is 1.79 bits per heavy atom. The highest BCUT2D eigenvalue weighted by Crippen LogP contribution is 2.31. The van der Waals surface area contributed by atoms with Crippen LogP contribution in [0.5, 0.6) is 0 Å². The molecule has 0 bridgehead atoms. The molecule has 4 rings (SSSR count). The molecule has 144 valence electrons. The second-order valence-corrected chi connectivity index (χ2v) is 8.21. The fourth-order valence-electron chi connectivity index (χ4n) is 3.50. The molecule has 0 aliphatic carbocycles. The average molecular weight is 398 g/mol. The number of amidine groups is 1. The summed E-state index contributed by atoms with van der Waals surface area (Å²) in [6.07, 6.45) is 1.22. The highest BCUT2D eigenvalue weighted by Gasteiger charge is 2.40. The van der Waals surface area contributed by atoms with Gasteiger partial charge in [-0.25, -0.2) is 4.79 Å². The van der Waals surface area contributed by atoms with Crippen LogP contribution in [0.3, 0.4) is 0 Å². The number of rotatable bonds is 4. The van der Waals surface area contributed by atoms with Crippen molar-refractivity contribution in [1.29, 1.82) is 0 Å². The minimum Gasteiger partial charge on any atom is -0.456 e. The number of benzene rings is 2. The van der Waals surface area contributed by atoms with Crippen molar-refractivity contribution in [3.8, 4) is 0 Å². The summed E-state index contributed by atoms with van der Waals surface area (Å²) in [6.45, 7) is 0.142. The van der Waals surface area contributed by atoms with Crippen LogP contribution in [-0.2, 0) is 19.6 Å². The second kappa shape index (κ2) is 7.20. The number of ketones is 1. The Hall–Kier alpha value is -3.00. The monoisotopic (exact) mass is 398 g/mol. The van der Waals surface area contributed by atoms with Gasteiger partial charge in [0, 0.05) is 17.7 Å². The van der Waals surface area contributed by atoms with Crippen molar-refractivity contribution in [2.45, 2.75) is 23.8 Å². The molecule has 8 heteroatoms. The number of Topliss-reactive ketones (excluding diaryl/α,β-unsaturated/α-hetero) is 1. The van der Waals surface area contributed by atoms with E-state index in [0.29, 0.717) is 30.5 Å². The van der Waals surface area contributed by atoms with Gasteiger partial charge in [0.05, 0.1) is 0 Å². The molecular weight excluding hydrogens is 380 g/mol. The lowest BCUT2D eigenvalue weighted by molar-refractivity contribution is -0.146. The third-order valence-corrected chi connectivity index (χ3v) is 6.18. The largest absolute Gasteiger partial charge is 0.456 e. The molecule has 1 saturated heterocycles. The molecule has 2 aromatic rings. The van der Waals surface area contributed by atoms with E-state index in [-0.39, 0.29) is 23.1 Å². The summed E-state index contributed by atoms with van der Waals surface area (Å²) in [5.74, 6) is -0.569. The molecule has 2 aliphatic rings. The van der Waals surface area contributed by atoms with Gasteiger partial charge in [-0.15, -0.1) is 4.40 Å². The van der Waals surface area contributed by atoms with Crippen molar-refractivity contribution >= 4 is 27.6 Å². The summed E-state index contributed by atoms with van der Waals surface area (Å²) in [7, 11) is -3.76. The summed E-state index contributed by atoms with van der Waals surface area (Å²) in [6, 6.07) is 14.5. The number of carbonyl (C=O) groups is 2. The number of likely N-dealkylation sites (tertiary alicyclic amines) is 1. The van der Waals surface area contributed by atoms with Gasteiger partial charge in [0.25, 0.3) is 10.0 Å². The number of carbonyl (C=O) groups excluding carboxylic acids is 2. The molecule has 7 nitrogen and oxygen atoms in total. The predicted molar refractivity (Wildman–Crippen MR) is 102 cm³/mol. The second-order valence-electron chi connectivity index (χ2n) is 6.63. The Bertz CT molecular complexity index is 1060. The van der Waals surface area contributed by atoms with Crippen LogP contribution in [0.2, 0.25) is 0 Å². The lowest BCUT2D eigenvalue weighted by Gasteiger charge is -2.24. The molecule has 28 heavy (non-hydrogen) atoms. The first-order valence-corrected chi connectivity index (χ1v) is 10.4. The maximum absolute atomic E-state index is 12.6. The molecule has 2 heterocycles. The molecular formula is C20H18N2O5S. The highest BCUT2D eigenvalue weighted by atomic mass is 32.2. The van der Waals surface area contributed by atoms with Crippen LogP contribution < -0.4 is 0 Å². The zero-order chi connectivity index (χ0) is 19.7. The molecule has 0 saturated carbocycles. The van der Waals surface area contributed by atoms with Crippen molar-refractivity contribution < 1.29 is 22.7 Å². The number of sulfonamides is 1. The Labute approximate surface area is 162 Å². The van der Waals surface area contributed by atoms with E-state index < -0.39 is 22.0 Å². The van der Waals surface area contributed by atoms with Crippen LogP contribution in [0, 0.1) is 0 Å². The fourth-order valence-corrected chi connectivity index (χ4v) is 4.72. The van der Waals surface area contributed by atoms with E-state index in [4.69, 9.17) is 4.74 Å². The minimum atomic E-state index is -3.76. The Morgan fingerprint density at radius 1 is 1.07 bits per heavy atom. The molecule has 0 N–H and O–H groups in total. The maximum Gasteiger partial charge on any atom is 0.329 e. The Balaban J connectivity index is 1.50. The van der Waals surface area contributed by atoms with Gasteiger partial charge < -0.3 is 9.64 Å². The highest BCUT2D eigenvalue weighted by molar-refractivity contribution is 7.90. The smallest absolute Gasteiger partial charge is 0.329 e. The molecule has 2 aliphatic heterocycles. The van der Waals surface area contributed by atoms with Crippen molar-refractivity contribution in [2.75, 3.05) is 13.2 Å². The summed E-state index contributed by atoms with van der Waals surface area (Å²) in [5, 5.41) is 0. The first-order valence-electron chi connectivity index (χ1n) is 8.93. The molecule has 1 fully saturated rings. The van der Waals surface area contributed by atoms with Crippen molar-refractivity contribution in [3.63, 3.8) is 0 Å². The van der Waals surface area contributed by atoms with Gasteiger partial charge in [-0.2, -0.15) is 8.42 Å². The first kappa shape index (κ1) is 18.4. The summed E-state index contributed by atoms with van der Waals surface area (Å²) in [5.41, 5.74) is 0.960. The number of esters is 1. The standard InChI is InChI=1S/C20H18N2O5S/c23-17(14-7-2-1-3-8-14)13-27-20(24)16-10-6-12-22(16)19-15-9-4-5-11-18(15)28(25,26)21-19/h1-5,7-9,11,16H,6,10,12-13H2/t16-/m0/s1. The van der Waals surface area contributed by atoms with Gasteiger partial charge >= 0.3 is 5.97 Å². The van der Waals surface area contributed by atoms with E-state index in [0.717, 1.165) is 0 Å². The number of nitrogens with zero attached hydrogens (tertiary/aromatic N) is 2. The molecule has 0 aromatic heterocycles. The normalized spacial score (nSPS) is 19.8. The molecule has 1 atom stereocenters. The topological polar surface area (TPSA) is 93.1 Å². The first-order chi connectivity index (χ1) is 13.5. The van der Waals surface area contributed by atoms with Crippen LogP contribution in [0.25, 0.3) is 0 Å². The van der Waals surface area contributed by atoms with E-state index in [2.05, 4.69) is 4.40 Å². The van der Waals surface area contributed by atoms with E-state index in [9.17, 15) is 18.0 Å². The van der Waals surface area contributed by atoms with Gasteiger partial charge in [-0.3, -0.25) is 4.79 Å². The van der Waals surface area contributed by atoms with Crippen LogP contribution in [0.4, 0.5) is 0 Å². The average Bonchev–Trinajstić information content (AvgIpc) is 3.29. The van der Waals surface area contributed by atoms with Gasteiger partial charge in [-0.1, -0.05) is 42.5 Å². The third-order valence-electron chi connectivity index (χ3n) is 4.85. The number of hydrogen-bond donors (Lipinski definition) is 0. The SMILES string of the molecule is O=C(COC(=O)[C@@H]1CCCN1C1=NS(=O)(=O)c2ccccc21)c1ccccc1. The fraction of sp³-hybridized carbons (Fsp3) is 0.250. The van der Waals surface area contributed by atoms with E-state index in [1.807, 2.05) is 0 Å². The van der Waals surface area contributed by atoms with Gasteiger partial charge in [0.1, 0.15) is 10.9 Å². The molecule has 2 aromatic carbocycles. The Kier molecular flexibility index (Phi) is 4.72. The van der Waals surface area contributed by atoms with Crippen molar-refractivity contribution in [3.05, 3.63) is 65.7 Å². The zero-order valence-corrected chi connectivity index (χ0v) is 15.8. The van der Waals surface area contributed by atoms with Crippen LogP contribution >= 0.6 is 0 Å². The lowest BCUT2D eigenvalue weighted by atomic mass is 10.1. The van der Waals surface area contributed by atoms with Crippen LogP contribution in [0.1, 0.15) is 28.8 Å². The summed E-state index contributed by atoms with van der Waals surface area (Å²) in [4.78, 5) is 26.6. The molecule has 0 amide bonds. The van der Waals surface area contributed by atoms with E-state index in [1.54, 1.807) is 53.4 Å². The lowest BCUT2D eigenvalue weighted by Crippen LogP contribution is -2.41. The zero-order valence-electron chi connectivity index (χ0n) is 14.9. The van der Waals surface area contributed by atoms with E-state index in [1.165, 1.54) is 6.07 Å². The third kappa shape index (κ3) is 3.31. The van der Waals surface area contributed by atoms with Gasteiger partial charge in [-0.05, 0) is 25.0 Å². The Morgan fingerprint density at radius 3 is 2.57 bits per heavy atom. The van der Waals surface area contributed by atoms with Crippen LogP contribution in [0.15, 0.2) is 63.9 Å². The van der Waals surface area contributed by atoms with Crippen LogP contribution in [-0.4, -0.2) is 50.1 Å². The summed E-state index contributed by atoms with van der Waals surface area (Å²) < 4.78 is 33.7. The molecule has 0 spiro atoms. The van der Waals surface area contributed by atoms with Gasteiger partial charge in [0.15, 0.2) is 18.2 Å². The quantitative estimate of drug-likeness (QED) is 0.578. The molecule has 0 radical (unpaired) electrons. The maximum atomic E-state index is 12.6.